The molecule has 0 heterocycles. The van der Waals surface area contributed by atoms with Gasteiger partial charge in [0.25, 0.3) is 0 Å². The highest BCUT2D eigenvalue weighted by atomic mass is 16.5. The first-order valence-corrected chi connectivity index (χ1v) is 8.24. The van der Waals surface area contributed by atoms with Gasteiger partial charge >= 0.3 is 0 Å². The lowest BCUT2D eigenvalue weighted by atomic mass is 10.0. The van der Waals surface area contributed by atoms with E-state index in [-0.39, 0.29) is 18.4 Å². The third kappa shape index (κ3) is 6.14. The van der Waals surface area contributed by atoms with E-state index in [1.807, 2.05) is 54.6 Å². The van der Waals surface area contributed by atoms with E-state index < -0.39 is 6.10 Å². The molecule has 0 bridgehead atoms. The van der Waals surface area contributed by atoms with Crippen LogP contribution < -0.4 is 10.1 Å². The molecule has 2 rings (SSSR count). The third-order valence-corrected chi connectivity index (χ3v) is 3.79. The highest BCUT2D eigenvalue weighted by Crippen LogP contribution is 2.09. The number of benzene rings is 2. The minimum Gasteiger partial charge on any atom is -0.491 e. The zero-order chi connectivity index (χ0) is 17.4. The number of ether oxygens (including phenoxy) is 1. The summed E-state index contributed by atoms with van der Waals surface area (Å²) in [5.74, 6) is 0.837. The molecule has 0 saturated heterocycles. The summed E-state index contributed by atoms with van der Waals surface area (Å²) in [7, 11) is 0. The Labute approximate surface area is 143 Å². The van der Waals surface area contributed by atoms with Crippen molar-refractivity contribution in [3.8, 4) is 5.75 Å². The van der Waals surface area contributed by atoms with Crippen LogP contribution in [0.5, 0.6) is 5.75 Å². The van der Waals surface area contributed by atoms with Gasteiger partial charge in [0, 0.05) is 18.2 Å². The first-order valence-electron chi connectivity index (χ1n) is 8.24. The van der Waals surface area contributed by atoms with E-state index in [9.17, 15) is 9.90 Å². The fourth-order valence-electron chi connectivity index (χ4n) is 2.41. The van der Waals surface area contributed by atoms with Crippen LogP contribution in [0.25, 0.3) is 0 Å². The Hall–Kier alpha value is -2.17. The van der Waals surface area contributed by atoms with Gasteiger partial charge in [0.2, 0.25) is 0 Å². The van der Waals surface area contributed by atoms with Gasteiger partial charge in [0.05, 0.1) is 0 Å². The van der Waals surface area contributed by atoms with Crippen molar-refractivity contribution < 1.29 is 14.6 Å². The number of Topliss-reactive ketones (excluding diaryl/α,β-unsaturated/α-hetero) is 1. The average molecular weight is 327 g/mol. The largest absolute Gasteiger partial charge is 0.491 e. The van der Waals surface area contributed by atoms with Crippen LogP contribution >= 0.6 is 0 Å². The summed E-state index contributed by atoms with van der Waals surface area (Å²) in [5, 5.41) is 13.3. The fourth-order valence-corrected chi connectivity index (χ4v) is 2.41. The van der Waals surface area contributed by atoms with E-state index in [4.69, 9.17) is 4.74 Å². The Balaban J connectivity index is 1.70. The number of rotatable bonds is 9. The smallest absolute Gasteiger partial charge is 0.159 e. The molecule has 4 heteroatoms. The maximum Gasteiger partial charge on any atom is 0.159 e. The van der Waals surface area contributed by atoms with Gasteiger partial charge < -0.3 is 15.2 Å². The van der Waals surface area contributed by atoms with E-state index in [0.29, 0.717) is 6.54 Å². The number of hydrogen-bond donors (Lipinski definition) is 2. The Morgan fingerprint density at radius 2 is 1.79 bits per heavy atom. The average Bonchev–Trinajstić information content (AvgIpc) is 2.59. The lowest BCUT2D eigenvalue weighted by molar-refractivity contribution is 0.101. The number of carbonyl (C=O) groups excluding carboxylic acids is 1. The van der Waals surface area contributed by atoms with Crippen LogP contribution in [0.1, 0.15) is 29.8 Å². The number of hydrogen-bond acceptors (Lipinski definition) is 4. The van der Waals surface area contributed by atoms with Gasteiger partial charge in [-0.3, -0.25) is 4.79 Å². The first kappa shape index (κ1) is 18.2. The quantitative estimate of drug-likeness (QED) is 0.695. The van der Waals surface area contributed by atoms with Crippen molar-refractivity contribution in [3.05, 3.63) is 65.7 Å². The highest BCUT2D eigenvalue weighted by molar-refractivity contribution is 5.93. The van der Waals surface area contributed by atoms with Gasteiger partial charge in [0.1, 0.15) is 18.5 Å². The van der Waals surface area contributed by atoms with Crippen molar-refractivity contribution in [2.24, 2.45) is 0 Å². The molecule has 0 aromatic heterocycles. The van der Waals surface area contributed by atoms with Crippen molar-refractivity contribution in [2.45, 2.75) is 32.4 Å². The molecule has 0 saturated carbocycles. The minimum atomic E-state index is -0.562. The van der Waals surface area contributed by atoms with Crippen molar-refractivity contribution in [3.63, 3.8) is 0 Å². The van der Waals surface area contributed by atoms with E-state index in [2.05, 4.69) is 12.2 Å². The molecule has 24 heavy (non-hydrogen) atoms. The zero-order valence-corrected chi connectivity index (χ0v) is 14.2. The van der Waals surface area contributed by atoms with Crippen LogP contribution in [0.15, 0.2) is 54.6 Å². The molecule has 0 aliphatic carbocycles. The van der Waals surface area contributed by atoms with Crippen LogP contribution in [0.3, 0.4) is 0 Å². The van der Waals surface area contributed by atoms with E-state index in [1.54, 1.807) is 6.92 Å². The summed E-state index contributed by atoms with van der Waals surface area (Å²) in [5.41, 5.74) is 1.89. The summed E-state index contributed by atoms with van der Waals surface area (Å²) in [6.45, 7) is 4.37. The first-order chi connectivity index (χ1) is 11.5. The predicted octanol–water partition coefficient (Wildman–Crippen LogP) is 2.85. The SMILES string of the molecule is CC(=O)c1ccc(C[C@@H](C)NC[C@H](O)COc2ccccc2)cc1. The summed E-state index contributed by atoms with van der Waals surface area (Å²) in [4.78, 5) is 11.3. The monoisotopic (exact) mass is 327 g/mol. The second kappa shape index (κ2) is 9.21. The maximum atomic E-state index is 11.3. The molecule has 0 fully saturated rings. The number of aliphatic hydroxyl groups excluding tert-OH is 1. The molecule has 0 unspecified atom stereocenters. The Morgan fingerprint density at radius 3 is 2.42 bits per heavy atom. The number of aliphatic hydroxyl groups is 1. The molecule has 0 aliphatic heterocycles. The molecule has 0 aliphatic rings. The number of ketones is 1. The molecule has 0 radical (unpaired) electrons. The van der Waals surface area contributed by atoms with E-state index in [0.717, 1.165) is 23.3 Å². The van der Waals surface area contributed by atoms with Crippen molar-refractivity contribution in [1.82, 2.24) is 5.32 Å². The van der Waals surface area contributed by atoms with Crippen LogP contribution in [-0.4, -0.2) is 36.2 Å². The lowest BCUT2D eigenvalue weighted by Gasteiger charge is -2.18. The van der Waals surface area contributed by atoms with Gasteiger partial charge in [-0.25, -0.2) is 0 Å². The Kier molecular flexibility index (Phi) is 6.97. The van der Waals surface area contributed by atoms with Gasteiger partial charge in [0.15, 0.2) is 5.78 Å². The molecular weight excluding hydrogens is 302 g/mol. The zero-order valence-electron chi connectivity index (χ0n) is 14.2. The maximum absolute atomic E-state index is 11.3. The van der Waals surface area contributed by atoms with Gasteiger partial charge in [-0.2, -0.15) is 0 Å². The molecule has 2 aromatic carbocycles. The Bertz CT molecular complexity index is 625. The van der Waals surface area contributed by atoms with Gasteiger partial charge in [-0.1, -0.05) is 42.5 Å². The molecule has 4 nitrogen and oxygen atoms in total. The van der Waals surface area contributed by atoms with E-state index in [1.165, 1.54) is 0 Å². The number of para-hydroxylation sites is 1. The lowest BCUT2D eigenvalue weighted by Crippen LogP contribution is -2.37. The molecule has 2 atom stereocenters. The third-order valence-electron chi connectivity index (χ3n) is 3.79. The second-order valence-corrected chi connectivity index (χ2v) is 6.04. The Morgan fingerprint density at radius 1 is 1.12 bits per heavy atom. The minimum absolute atomic E-state index is 0.0780. The van der Waals surface area contributed by atoms with E-state index >= 15 is 0 Å². The van der Waals surface area contributed by atoms with Crippen molar-refractivity contribution >= 4 is 5.78 Å². The summed E-state index contributed by atoms with van der Waals surface area (Å²) in [6.07, 6.45) is 0.275. The molecule has 2 N–H and O–H groups in total. The molecule has 128 valence electrons. The molecular formula is C20H25NO3. The van der Waals surface area contributed by atoms with Crippen molar-refractivity contribution in [2.75, 3.05) is 13.2 Å². The van der Waals surface area contributed by atoms with Crippen LogP contribution in [-0.2, 0) is 6.42 Å². The summed E-state index contributed by atoms with van der Waals surface area (Å²) >= 11 is 0. The number of nitrogens with one attached hydrogen (secondary N) is 1. The molecule has 0 spiro atoms. The van der Waals surface area contributed by atoms with Gasteiger partial charge in [-0.05, 0) is 38.0 Å². The van der Waals surface area contributed by atoms with Gasteiger partial charge in [-0.15, -0.1) is 0 Å². The topological polar surface area (TPSA) is 58.6 Å². The summed E-state index contributed by atoms with van der Waals surface area (Å²) in [6, 6.07) is 17.3. The van der Waals surface area contributed by atoms with Crippen molar-refractivity contribution in [1.29, 1.82) is 0 Å². The summed E-state index contributed by atoms with van der Waals surface area (Å²) < 4.78 is 5.53. The van der Waals surface area contributed by atoms with Crippen LogP contribution in [0.4, 0.5) is 0 Å². The highest BCUT2D eigenvalue weighted by Gasteiger charge is 2.09. The molecule has 0 amide bonds. The normalized spacial score (nSPS) is 13.3. The number of carbonyl (C=O) groups is 1. The fraction of sp³-hybridized carbons (Fsp3) is 0.350. The second-order valence-electron chi connectivity index (χ2n) is 6.04. The van der Waals surface area contributed by atoms with Crippen LogP contribution in [0, 0.1) is 0 Å². The van der Waals surface area contributed by atoms with Crippen LogP contribution in [0.2, 0.25) is 0 Å². The standard InChI is InChI=1S/C20H25NO3/c1-15(12-17-8-10-18(11-9-17)16(2)22)21-13-19(23)14-24-20-6-4-3-5-7-20/h3-11,15,19,21,23H,12-14H2,1-2H3/t15-,19+/m1/s1. The predicted molar refractivity (Wildman–Crippen MR) is 95.6 cm³/mol. The molecule has 2 aromatic rings.